The number of pyridine rings is 1. The number of rotatable bonds is 2. The van der Waals surface area contributed by atoms with Crippen molar-refractivity contribution in [2.75, 3.05) is 0 Å². The molecule has 3 heteroatoms. The number of nitrogens with zero attached hydrogens (tertiary/aromatic N) is 1. The van der Waals surface area contributed by atoms with Crippen LogP contribution in [0.3, 0.4) is 0 Å². The number of nitrogens with one attached hydrogen (secondary N) is 1. The Morgan fingerprint density at radius 2 is 2.54 bits per heavy atom. The summed E-state index contributed by atoms with van der Waals surface area (Å²) >= 11 is 0. The number of fused-ring (bicyclic) bond motifs is 1. The summed E-state index contributed by atoms with van der Waals surface area (Å²) in [5, 5.41) is 2.82. The first kappa shape index (κ1) is 8.23. The zero-order chi connectivity index (χ0) is 9.10. The quantitative estimate of drug-likeness (QED) is 0.673. The van der Waals surface area contributed by atoms with Crippen LogP contribution in [0, 0.1) is 0 Å². The van der Waals surface area contributed by atoms with Gasteiger partial charge in [-0.3, -0.25) is 9.78 Å². The summed E-state index contributed by atoms with van der Waals surface area (Å²) in [5.41, 5.74) is 2.46. The number of carbonyl (C=O) groups is 1. The van der Waals surface area contributed by atoms with E-state index in [-0.39, 0.29) is 0 Å². The van der Waals surface area contributed by atoms with E-state index in [2.05, 4.69) is 16.4 Å². The summed E-state index contributed by atoms with van der Waals surface area (Å²) < 4.78 is 0. The van der Waals surface area contributed by atoms with Crippen LogP contribution in [0.2, 0.25) is 0 Å². The van der Waals surface area contributed by atoms with Gasteiger partial charge in [0.1, 0.15) is 0 Å². The molecule has 1 N–H and O–H groups in total. The fourth-order valence-corrected chi connectivity index (χ4v) is 1.80. The minimum absolute atomic E-state index is 0.300. The number of aryl methyl sites for hydroxylation is 1. The van der Waals surface area contributed by atoms with Crippen molar-refractivity contribution in [3.8, 4) is 0 Å². The second-order valence-corrected chi connectivity index (χ2v) is 3.33. The standard InChI is InChI=1S/C10H12N2O/c13-7-12-9-3-4-10-8(6-9)2-1-5-11-10/h1-2,5,7,9H,3-4,6H2,(H,12,13). The van der Waals surface area contributed by atoms with Crippen LogP contribution in [-0.2, 0) is 17.6 Å². The number of hydrogen-bond acceptors (Lipinski definition) is 2. The molecule has 1 amide bonds. The second kappa shape index (κ2) is 3.56. The maximum Gasteiger partial charge on any atom is 0.207 e. The summed E-state index contributed by atoms with van der Waals surface area (Å²) in [7, 11) is 0. The van der Waals surface area contributed by atoms with Crippen LogP contribution in [0.15, 0.2) is 18.3 Å². The zero-order valence-corrected chi connectivity index (χ0v) is 7.36. The number of aromatic nitrogens is 1. The van der Waals surface area contributed by atoms with E-state index < -0.39 is 0 Å². The van der Waals surface area contributed by atoms with E-state index in [1.165, 1.54) is 11.3 Å². The molecule has 0 saturated carbocycles. The minimum Gasteiger partial charge on any atom is -0.356 e. The van der Waals surface area contributed by atoms with E-state index in [9.17, 15) is 4.79 Å². The number of carbonyl (C=O) groups excluding carboxylic acids is 1. The van der Waals surface area contributed by atoms with E-state index in [0.29, 0.717) is 6.04 Å². The van der Waals surface area contributed by atoms with Crippen molar-refractivity contribution in [2.24, 2.45) is 0 Å². The SMILES string of the molecule is O=CNC1CCc2ncccc2C1. The smallest absolute Gasteiger partial charge is 0.207 e. The van der Waals surface area contributed by atoms with Crippen molar-refractivity contribution in [1.29, 1.82) is 0 Å². The Bertz CT molecular complexity index is 312. The molecular weight excluding hydrogens is 164 g/mol. The van der Waals surface area contributed by atoms with Gasteiger partial charge in [0.2, 0.25) is 6.41 Å². The van der Waals surface area contributed by atoms with Gasteiger partial charge in [0.15, 0.2) is 0 Å². The van der Waals surface area contributed by atoms with Gasteiger partial charge in [0.05, 0.1) is 0 Å². The Labute approximate surface area is 77.2 Å². The highest BCUT2D eigenvalue weighted by molar-refractivity contribution is 5.47. The maximum absolute atomic E-state index is 10.3. The predicted octanol–water partition coefficient (Wildman–Crippen LogP) is 0.685. The van der Waals surface area contributed by atoms with Crippen molar-refractivity contribution < 1.29 is 4.79 Å². The van der Waals surface area contributed by atoms with Crippen LogP contribution in [0.5, 0.6) is 0 Å². The molecule has 1 heterocycles. The Hall–Kier alpha value is -1.38. The van der Waals surface area contributed by atoms with E-state index in [1.54, 1.807) is 0 Å². The summed E-state index contributed by atoms with van der Waals surface area (Å²) in [6, 6.07) is 4.33. The van der Waals surface area contributed by atoms with Crippen LogP contribution in [-0.4, -0.2) is 17.4 Å². The van der Waals surface area contributed by atoms with Crippen LogP contribution in [0.25, 0.3) is 0 Å². The lowest BCUT2D eigenvalue weighted by atomic mass is 9.92. The fraction of sp³-hybridized carbons (Fsp3) is 0.400. The van der Waals surface area contributed by atoms with Crippen molar-refractivity contribution in [1.82, 2.24) is 10.3 Å². The highest BCUT2D eigenvalue weighted by Crippen LogP contribution is 2.18. The summed E-state index contributed by atoms with van der Waals surface area (Å²) in [6.07, 6.45) is 5.50. The van der Waals surface area contributed by atoms with Gasteiger partial charge in [0.25, 0.3) is 0 Å². The van der Waals surface area contributed by atoms with Gasteiger partial charge < -0.3 is 5.32 Å². The van der Waals surface area contributed by atoms with E-state index in [1.807, 2.05) is 12.3 Å². The first-order valence-electron chi connectivity index (χ1n) is 4.52. The maximum atomic E-state index is 10.3. The van der Waals surface area contributed by atoms with Gasteiger partial charge in [-0.25, -0.2) is 0 Å². The molecular formula is C10H12N2O. The molecule has 1 aliphatic rings. The molecule has 0 spiro atoms. The monoisotopic (exact) mass is 176 g/mol. The molecule has 3 nitrogen and oxygen atoms in total. The topological polar surface area (TPSA) is 42.0 Å². The average Bonchev–Trinajstić information content (AvgIpc) is 2.18. The fourth-order valence-electron chi connectivity index (χ4n) is 1.80. The molecule has 1 aliphatic carbocycles. The highest BCUT2D eigenvalue weighted by atomic mass is 16.1. The van der Waals surface area contributed by atoms with Crippen molar-refractivity contribution in [3.63, 3.8) is 0 Å². The summed E-state index contributed by atoms with van der Waals surface area (Å²) in [4.78, 5) is 14.6. The van der Waals surface area contributed by atoms with E-state index in [4.69, 9.17) is 0 Å². The minimum atomic E-state index is 0.300. The third-order valence-corrected chi connectivity index (χ3v) is 2.48. The van der Waals surface area contributed by atoms with Crippen LogP contribution in [0.4, 0.5) is 0 Å². The molecule has 2 rings (SSSR count). The molecule has 0 aromatic carbocycles. The van der Waals surface area contributed by atoms with E-state index >= 15 is 0 Å². The van der Waals surface area contributed by atoms with Gasteiger partial charge in [-0.2, -0.15) is 0 Å². The third kappa shape index (κ3) is 1.69. The Balaban J connectivity index is 2.15. The van der Waals surface area contributed by atoms with Crippen LogP contribution in [0.1, 0.15) is 17.7 Å². The number of hydrogen-bond donors (Lipinski definition) is 1. The molecule has 0 saturated heterocycles. The Morgan fingerprint density at radius 3 is 3.38 bits per heavy atom. The van der Waals surface area contributed by atoms with Crippen molar-refractivity contribution in [3.05, 3.63) is 29.6 Å². The van der Waals surface area contributed by atoms with Gasteiger partial charge in [0, 0.05) is 17.9 Å². The normalized spacial score (nSPS) is 20.5. The first-order valence-corrected chi connectivity index (χ1v) is 4.52. The molecule has 13 heavy (non-hydrogen) atoms. The lowest BCUT2D eigenvalue weighted by molar-refractivity contribution is -0.110. The summed E-state index contributed by atoms with van der Waals surface area (Å²) in [5.74, 6) is 0. The lowest BCUT2D eigenvalue weighted by Gasteiger charge is -2.22. The second-order valence-electron chi connectivity index (χ2n) is 3.33. The molecule has 1 unspecified atom stereocenters. The zero-order valence-electron chi connectivity index (χ0n) is 7.36. The van der Waals surface area contributed by atoms with Crippen LogP contribution < -0.4 is 5.32 Å². The van der Waals surface area contributed by atoms with Gasteiger partial charge in [-0.1, -0.05) is 6.07 Å². The molecule has 0 fully saturated rings. The van der Waals surface area contributed by atoms with Gasteiger partial charge in [-0.05, 0) is 30.9 Å². The van der Waals surface area contributed by atoms with Crippen molar-refractivity contribution >= 4 is 6.41 Å². The van der Waals surface area contributed by atoms with Crippen LogP contribution >= 0.6 is 0 Å². The Morgan fingerprint density at radius 1 is 1.62 bits per heavy atom. The highest BCUT2D eigenvalue weighted by Gasteiger charge is 2.17. The summed E-state index contributed by atoms with van der Waals surface area (Å²) in [6.45, 7) is 0. The molecule has 1 aromatic rings. The third-order valence-electron chi connectivity index (χ3n) is 2.48. The molecule has 68 valence electrons. The van der Waals surface area contributed by atoms with E-state index in [0.717, 1.165) is 25.7 Å². The molecule has 0 bridgehead atoms. The first-order chi connectivity index (χ1) is 6.40. The lowest BCUT2D eigenvalue weighted by Crippen LogP contribution is -2.33. The largest absolute Gasteiger partial charge is 0.356 e. The van der Waals surface area contributed by atoms with Gasteiger partial charge in [-0.15, -0.1) is 0 Å². The Kier molecular flexibility index (Phi) is 2.25. The van der Waals surface area contributed by atoms with Crippen molar-refractivity contribution in [2.45, 2.75) is 25.3 Å². The predicted molar refractivity (Wildman–Crippen MR) is 49.2 cm³/mol. The molecule has 1 aromatic heterocycles. The molecule has 0 radical (unpaired) electrons. The average molecular weight is 176 g/mol. The molecule has 1 atom stereocenters. The molecule has 0 aliphatic heterocycles. The number of amides is 1. The van der Waals surface area contributed by atoms with Gasteiger partial charge >= 0.3 is 0 Å².